The molecule has 2 heterocycles. The van der Waals surface area contributed by atoms with Gasteiger partial charge in [0.05, 0.1) is 6.17 Å². The number of benzene rings is 2. The minimum Gasteiger partial charge on any atom is -0.339 e. The summed E-state index contributed by atoms with van der Waals surface area (Å²) in [5.74, 6) is -0.271. The number of fused-ring (bicyclic) bond motifs is 1. The maximum absolute atomic E-state index is 13.6. The van der Waals surface area contributed by atoms with Crippen LogP contribution in [-0.2, 0) is 30.6 Å². The van der Waals surface area contributed by atoms with Crippen LogP contribution >= 0.6 is 11.3 Å². The molecule has 37 heavy (non-hydrogen) atoms. The summed E-state index contributed by atoms with van der Waals surface area (Å²) in [5, 5.41) is 2.66. The molecule has 196 valence electrons. The van der Waals surface area contributed by atoms with Crippen molar-refractivity contribution in [1.82, 2.24) is 15.1 Å². The third kappa shape index (κ3) is 6.27. The molecule has 0 spiro atoms. The van der Waals surface area contributed by atoms with E-state index in [1.54, 1.807) is 6.07 Å². The molecule has 1 unspecified atom stereocenters. The molecular formula is C29H36FN5OS. The van der Waals surface area contributed by atoms with Crippen molar-refractivity contribution in [1.29, 1.82) is 0 Å². The molecule has 0 saturated carbocycles. The van der Waals surface area contributed by atoms with Gasteiger partial charge in [-0.25, -0.2) is 0 Å². The highest BCUT2D eigenvalue weighted by Crippen LogP contribution is 2.33. The molecule has 1 saturated heterocycles. The molecule has 0 bridgehead atoms. The van der Waals surface area contributed by atoms with Crippen LogP contribution in [0.3, 0.4) is 0 Å². The molecule has 1 aliphatic heterocycles. The van der Waals surface area contributed by atoms with Crippen LogP contribution < -0.4 is 16.8 Å². The normalized spacial score (nSPS) is 21.4. The van der Waals surface area contributed by atoms with Crippen LogP contribution in [0.4, 0.5) is 4.39 Å². The van der Waals surface area contributed by atoms with Gasteiger partial charge in [0.15, 0.2) is 5.13 Å². The first-order valence-corrected chi connectivity index (χ1v) is 13.8. The molecule has 1 amide bonds. The zero-order valence-corrected chi connectivity index (χ0v) is 22.2. The minimum atomic E-state index is -1.05. The van der Waals surface area contributed by atoms with Crippen molar-refractivity contribution in [2.45, 2.75) is 43.9 Å². The van der Waals surface area contributed by atoms with Crippen LogP contribution in [0.25, 0.3) is 11.1 Å². The number of aryl methyl sites for hydroxylation is 1. The molecule has 3 aromatic rings. The van der Waals surface area contributed by atoms with Crippen LogP contribution in [0.5, 0.6) is 0 Å². The quantitative estimate of drug-likeness (QED) is 0.416. The number of piperazine rings is 1. The van der Waals surface area contributed by atoms with Gasteiger partial charge in [0.2, 0.25) is 5.91 Å². The average Bonchev–Trinajstić information content (AvgIpc) is 3.25. The van der Waals surface area contributed by atoms with Crippen molar-refractivity contribution in [2.75, 3.05) is 33.2 Å². The number of halogens is 1. The van der Waals surface area contributed by atoms with Crippen molar-refractivity contribution >= 4 is 17.2 Å². The predicted octanol–water partition coefficient (Wildman–Crippen LogP) is 3.13. The number of hydrogen-bond acceptors (Lipinski definition) is 6. The summed E-state index contributed by atoms with van der Waals surface area (Å²) in [5.41, 5.74) is 17.3. The lowest BCUT2D eigenvalue weighted by Gasteiger charge is -2.33. The third-order valence-electron chi connectivity index (χ3n) is 7.65. The number of amides is 1. The Kier molecular flexibility index (Phi) is 7.74. The Labute approximate surface area is 222 Å². The van der Waals surface area contributed by atoms with Crippen LogP contribution in [0.2, 0.25) is 0 Å². The van der Waals surface area contributed by atoms with Gasteiger partial charge in [0.25, 0.3) is 0 Å². The summed E-state index contributed by atoms with van der Waals surface area (Å²) in [6.45, 7) is 5.48. The smallest absolute Gasteiger partial charge is 0.241 e. The van der Waals surface area contributed by atoms with Gasteiger partial charge in [-0.1, -0.05) is 48.5 Å². The van der Waals surface area contributed by atoms with Crippen molar-refractivity contribution < 1.29 is 9.18 Å². The van der Waals surface area contributed by atoms with Crippen LogP contribution in [-0.4, -0.2) is 60.6 Å². The fourth-order valence-electron chi connectivity index (χ4n) is 5.23. The second kappa shape index (κ2) is 11.0. The average molecular weight is 522 g/mol. The van der Waals surface area contributed by atoms with E-state index in [1.807, 2.05) is 0 Å². The molecular weight excluding hydrogens is 485 g/mol. The molecule has 2 aromatic carbocycles. The number of hydrogen-bond donors (Lipinski definition) is 3. The summed E-state index contributed by atoms with van der Waals surface area (Å²) in [6, 6.07) is 18.6. The van der Waals surface area contributed by atoms with Crippen LogP contribution in [0.1, 0.15) is 28.0 Å². The van der Waals surface area contributed by atoms with E-state index in [2.05, 4.69) is 70.7 Å². The van der Waals surface area contributed by atoms with E-state index in [9.17, 15) is 9.18 Å². The Hall–Kier alpha value is -2.62. The SMILES string of the molecule is CN1CCN(Cc2ccc(-c3ccc(CC(N)NC(=O)[C@]4(N)CCc5cc(F)sc5C4)cc3)cc2)CC1. The monoisotopic (exact) mass is 521 g/mol. The van der Waals surface area contributed by atoms with Crippen molar-refractivity contribution in [3.63, 3.8) is 0 Å². The number of carbonyl (C=O) groups excluding carboxylic acids is 1. The molecule has 2 aliphatic rings. The standard InChI is InChI=1S/C29H36FN5OS/c1-34-12-14-35(15-13-34)19-21-4-8-23(9-5-21)22-6-2-20(3-7-22)16-27(31)33-28(36)29(32)11-10-24-17-26(30)37-25(24)18-29/h2-9,17,27H,10-16,18-19,31-32H2,1H3,(H,33,36)/t27?,29-/m0/s1. The van der Waals surface area contributed by atoms with Gasteiger partial charge >= 0.3 is 0 Å². The number of rotatable bonds is 7. The maximum atomic E-state index is 13.6. The second-order valence-electron chi connectivity index (χ2n) is 10.6. The molecule has 0 radical (unpaired) electrons. The lowest BCUT2D eigenvalue weighted by Crippen LogP contribution is -2.60. The van der Waals surface area contributed by atoms with Gasteiger partial charge in [0.1, 0.15) is 5.54 Å². The first-order valence-electron chi connectivity index (χ1n) is 13.0. The lowest BCUT2D eigenvalue weighted by molar-refractivity contribution is -0.127. The zero-order chi connectivity index (χ0) is 26.0. The van der Waals surface area contributed by atoms with Crippen molar-refractivity contribution in [3.05, 3.63) is 81.3 Å². The number of thiophene rings is 1. The van der Waals surface area contributed by atoms with Crippen molar-refractivity contribution in [2.24, 2.45) is 11.5 Å². The second-order valence-corrected chi connectivity index (χ2v) is 11.7. The highest BCUT2D eigenvalue weighted by Gasteiger charge is 2.39. The molecule has 1 fully saturated rings. The number of nitrogens with one attached hydrogen (secondary N) is 1. The van der Waals surface area contributed by atoms with Gasteiger partial charge in [-0.2, -0.15) is 4.39 Å². The number of carbonyl (C=O) groups is 1. The van der Waals surface area contributed by atoms with E-state index >= 15 is 0 Å². The first kappa shape index (κ1) is 26.0. The van der Waals surface area contributed by atoms with E-state index in [-0.39, 0.29) is 11.0 Å². The van der Waals surface area contributed by atoms with Crippen LogP contribution in [0, 0.1) is 5.13 Å². The van der Waals surface area contributed by atoms with Gasteiger partial charge in [0, 0.05) is 50.4 Å². The highest BCUT2D eigenvalue weighted by atomic mass is 32.1. The summed E-state index contributed by atoms with van der Waals surface area (Å²) in [7, 11) is 2.18. The molecule has 5 N–H and O–H groups in total. The van der Waals surface area contributed by atoms with Crippen LogP contribution in [0.15, 0.2) is 54.6 Å². The van der Waals surface area contributed by atoms with Gasteiger partial charge < -0.3 is 21.7 Å². The fourth-order valence-corrected chi connectivity index (χ4v) is 6.29. The Morgan fingerprint density at radius 2 is 1.68 bits per heavy atom. The first-order chi connectivity index (χ1) is 17.8. The molecule has 6 nitrogen and oxygen atoms in total. The maximum Gasteiger partial charge on any atom is 0.241 e. The summed E-state index contributed by atoms with van der Waals surface area (Å²) < 4.78 is 13.6. The molecule has 5 rings (SSSR count). The largest absolute Gasteiger partial charge is 0.339 e. The summed E-state index contributed by atoms with van der Waals surface area (Å²) >= 11 is 1.08. The Morgan fingerprint density at radius 1 is 1.05 bits per heavy atom. The summed E-state index contributed by atoms with van der Waals surface area (Å²) in [6.07, 6.45) is 1.39. The zero-order valence-electron chi connectivity index (χ0n) is 21.4. The number of nitrogens with zero attached hydrogens (tertiary/aromatic N) is 2. The molecule has 8 heteroatoms. The Bertz CT molecular complexity index is 1220. The van der Waals surface area contributed by atoms with E-state index in [1.165, 1.54) is 11.1 Å². The van der Waals surface area contributed by atoms with Gasteiger partial charge in [-0.05, 0) is 53.8 Å². The number of likely N-dealkylation sites (N-methyl/N-ethyl adjacent to an activating group) is 1. The molecule has 1 aromatic heterocycles. The Balaban J connectivity index is 1.13. The highest BCUT2D eigenvalue weighted by molar-refractivity contribution is 7.10. The fraction of sp³-hybridized carbons (Fsp3) is 0.414. The van der Waals surface area contributed by atoms with Gasteiger partial charge in [-0.15, -0.1) is 11.3 Å². The summed E-state index contributed by atoms with van der Waals surface area (Å²) in [4.78, 5) is 18.7. The molecule has 2 atom stereocenters. The minimum absolute atomic E-state index is 0.226. The van der Waals surface area contributed by atoms with E-state index in [0.29, 0.717) is 25.7 Å². The Morgan fingerprint density at radius 3 is 2.32 bits per heavy atom. The number of nitrogens with two attached hydrogens (primary N) is 2. The lowest BCUT2D eigenvalue weighted by atomic mass is 9.82. The van der Waals surface area contributed by atoms with Crippen molar-refractivity contribution in [3.8, 4) is 11.1 Å². The predicted molar refractivity (Wildman–Crippen MR) is 148 cm³/mol. The van der Waals surface area contributed by atoms with E-state index < -0.39 is 11.7 Å². The van der Waals surface area contributed by atoms with E-state index in [4.69, 9.17) is 11.5 Å². The van der Waals surface area contributed by atoms with Gasteiger partial charge in [-0.3, -0.25) is 9.69 Å². The third-order valence-corrected chi connectivity index (χ3v) is 8.62. The topological polar surface area (TPSA) is 87.6 Å². The molecule has 1 aliphatic carbocycles. The van der Waals surface area contributed by atoms with E-state index in [0.717, 1.165) is 65.6 Å².